The van der Waals surface area contributed by atoms with Crippen molar-refractivity contribution in [2.24, 2.45) is 5.92 Å². The molecular weight excluding hydrogens is 247 g/mol. The number of pyridine rings is 1. The molecule has 2 aromatic heterocycles. The van der Waals surface area contributed by atoms with Gasteiger partial charge in [-0.2, -0.15) is 5.10 Å². The van der Waals surface area contributed by atoms with Crippen molar-refractivity contribution in [3.05, 3.63) is 42.2 Å². The highest BCUT2D eigenvalue weighted by Gasteiger charge is 2.22. The molecular formula is C13H13FN4O. The summed E-state index contributed by atoms with van der Waals surface area (Å²) in [7, 11) is 0. The van der Waals surface area contributed by atoms with Crippen LogP contribution in [0.4, 0.5) is 10.1 Å². The third-order valence-corrected chi connectivity index (χ3v) is 3.04. The number of anilines is 1. The van der Waals surface area contributed by atoms with E-state index < -0.39 is 11.7 Å². The highest BCUT2D eigenvalue weighted by molar-refractivity contribution is 6.02. The van der Waals surface area contributed by atoms with Crippen LogP contribution >= 0.6 is 0 Å². The highest BCUT2D eigenvalue weighted by Crippen LogP contribution is 2.30. The van der Waals surface area contributed by atoms with Crippen LogP contribution in [0, 0.1) is 11.7 Å². The van der Waals surface area contributed by atoms with Crippen LogP contribution in [0.1, 0.15) is 23.3 Å². The fourth-order valence-electron chi connectivity index (χ4n) is 1.81. The molecule has 0 aliphatic heterocycles. The fourth-order valence-corrected chi connectivity index (χ4v) is 1.81. The van der Waals surface area contributed by atoms with Crippen LogP contribution in [0.25, 0.3) is 0 Å². The number of nitrogens with zero attached hydrogens (tertiary/aromatic N) is 3. The quantitative estimate of drug-likeness (QED) is 0.915. The van der Waals surface area contributed by atoms with Crippen LogP contribution in [-0.4, -0.2) is 20.7 Å². The molecule has 0 unspecified atom stereocenters. The van der Waals surface area contributed by atoms with E-state index in [0.29, 0.717) is 5.92 Å². The lowest BCUT2D eigenvalue weighted by molar-refractivity contribution is 0.102. The van der Waals surface area contributed by atoms with Gasteiger partial charge in [-0.1, -0.05) is 0 Å². The number of carbonyl (C=O) groups is 1. The standard InChI is InChI=1S/C13H13FN4O/c14-10-7-15-5-3-11(10)16-13(19)12-4-6-18(17-12)8-9-1-2-9/h3-7,9H,1-2,8H2,(H,15,16,19). The lowest BCUT2D eigenvalue weighted by Gasteiger charge is -2.03. The number of carbonyl (C=O) groups excluding carboxylic acids is 1. The van der Waals surface area contributed by atoms with Crippen LogP contribution < -0.4 is 5.32 Å². The minimum atomic E-state index is -0.562. The van der Waals surface area contributed by atoms with Gasteiger partial charge >= 0.3 is 0 Å². The summed E-state index contributed by atoms with van der Waals surface area (Å²) in [4.78, 5) is 15.5. The van der Waals surface area contributed by atoms with Crippen LogP contribution in [-0.2, 0) is 6.54 Å². The van der Waals surface area contributed by atoms with Crippen molar-refractivity contribution in [2.75, 3.05) is 5.32 Å². The zero-order chi connectivity index (χ0) is 13.2. The molecule has 2 aromatic rings. The first-order chi connectivity index (χ1) is 9.22. The maximum absolute atomic E-state index is 13.3. The Morgan fingerprint density at radius 1 is 1.47 bits per heavy atom. The average Bonchev–Trinajstić information content (AvgIpc) is 3.08. The summed E-state index contributed by atoms with van der Waals surface area (Å²) in [5.74, 6) is -0.290. The van der Waals surface area contributed by atoms with Crippen molar-refractivity contribution in [3.8, 4) is 0 Å². The largest absolute Gasteiger partial charge is 0.318 e. The molecule has 0 spiro atoms. The minimum absolute atomic E-state index is 0.108. The number of amides is 1. The van der Waals surface area contributed by atoms with E-state index in [2.05, 4.69) is 15.4 Å². The van der Waals surface area contributed by atoms with Gasteiger partial charge in [0.15, 0.2) is 11.5 Å². The minimum Gasteiger partial charge on any atom is -0.318 e. The lowest BCUT2D eigenvalue weighted by Crippen LogP contribution is -2.14. The maximum atomic E-state index is 13.3. The first-order valence-corrected chi connectivity index (χ1v) is 6.16. The second-order valence-corrected chi connectivity index (χ2v) is 4.68. The van der Waals surface area contributed by atoms with E-state index >= 15 is 0 Å². The molecule has 1 fully saturated rings. The SMILES string of the molecule is O=C(Nc1ccncc1F)c1ccn(CC2CC2)n1. The third kappa shape index (κ3) is 2.78. The van der Waals surface area contributed by atoms with Gasteiger partial charge in [0, 0.05) is 18.9 Å². The summed E-state index contributed by atoms with van der Waals surface area (Å²) in [5, 5.41) is 6.66. The number of nitrogens with one attached hydrogen (secondary N) is 1. The average molecular weight is 260 g/mol. The van der Waals surface area contributed by atoms with Crippen LogP contribution in [0.3, 0.4) is 0 Å². The Kier molecular flexibility index (Phi) is 2.98. The molecule has 0 radical (unpaired) electrons. The van der Waals surface area contributed by atoms with E-state index in [-0.39, 0.29) is 11.4 Å². The topological polar surface area (TPSA) is 59.8 Å². The summed E-state index contributed by atoms with van der Waals surface area (Å²) in [6, 6.07) is 3.05. The highest BCUT2D eigenvalue weighted by atomic mass is 19.1. The molecule has 0 saturated heterocycles. The zero-order valence-corrected chi connectivity index (χ0v) is 10.2. The Bertz CT molecular complexity index is 606. The van der Waals surface area contributed by atoms with Crippen molar-refractivity contribution in [3.63, 3.8) is 0 Å². The molecule has 6 heteroatoms. The Morgan fingerprint density at radius 2 is 2.32 bits per heavy atom. The van der Waals surface area contributed by atoms with E-state index in [1.807, 2.05) is 0 Å². The number of hydrogen-bond acceptors (Lipinski definition) is 3. The van der Waals surface area contributed by atoms with Gasteiger partial charge in [0.1, 0.15) is 0 Å². The molecule has 0 bridgehead atoms. The maximum Gasteiger partial charge on any atom is 0.276 e. The molecule has 1 amide bonds. The molecule has 1 aliphatic carbocycles. The van der Waals surface area contributed by atoms with Gasteiger partial charge in [-0.3, -0.25) is 14.5 Å². The van der Waals surface area contributed by atoms with Crippen molar-refractivity contribution in [1.29, 1.82) is 0 Å². The van der Waals surface area contributed by atoms with Crippen molar-refractivity contribution in [1.82, 2.24) is 14.8 Å². The second kappa shape index (κ2) is 4.79. The normalized spacial score (nSPS) is 14.4. The predicted molar refractivity (Wildman–Crippen MR) is 67.1 cm³/mol. The Morgan fingerprint density at radius 3 is 3.05 bits per heavy atom. The summed E-state index contributed by atoms with van der Waals surface area (Å²) < 4.78 is 15.1. The fraction of sp³-hybridized carbons (Fsp3) is 0.308. The number of hydrogen-bond donors (Lipinski definition) is 1. The van der Waals surface area contributed by atoms with Gasteiger partial charge in [0.25, 0.3) is 5.91 Å². The van der Waals surface area contributed by atoms with Crippen LogP contribution in [0.15, 0.2) is 30.7 Å². The smallest absolute Gasteiger partial charge is 0.276 e. The summed E-state index contributed by atoms with van der Waals surface area (Å²) >= 11 is 0. The van der Waals surface area contributed by atoms with Gasteiger partial charge < -0.3 is 5.32 Å². The number of rotatable bonds is 4. The molecule has 1 N–H and O–H groups in total. The van der Waals surface area contributed by atoms with Crippen molar-refractivity contribution in [2.45, 2.75) is 19.4 Å². The molecule has 0 aromatic carbocycles. The van der Waals surface area contributed by atoms with Gasteiger partial charge in [-0.25, -0.2) is 4.39 Å². The van der Waals surface area contributed by atoms with Crippen LogP contribution in [0.2, 0.25) is 0 Å². The van der Waals surface area contributed by atoms with E-state index in [1.54, 1.807) is 16.9 Å². The summed E-state index contributed by atoms with van der Waals surface area (Å²) in [6.45, 7) is 0.844. The Labute approximate surface area is 109 Å². The Hall–Kier alpha value is -2.24. The molecule has 1 aliphatic rings. The van der Waals surface area contributed by atoms with Gasteiger partial charge in [0.2, 0.25) is 0 Å². The van der Waals surface area contributed by atoms with Crippen LogP contribution in [0.5, 0.6) is 0 Å². The number of aromatic nitrogens is 3. The van der Waals surface area contributed by atoms with E-state index in [9.17, 15) is 9.18 Å². The Balaban J connectivity index is 1.69. The van der Waals surface area contributed by atoms with Crippen molar-refractivity contribution < 1.29 is 9.18 Å². The first-order valence-electron chi connectivity index (χ1n) is 6.16. The number of halogens is 1. The van der Waals surface area contributed by atoms with E-state index in [0.717, 1.165) is 12.7 Å². The molecule has 2 heterocycles. The molecule has 3 rings (SSSR count). The first kappa shape index (κ1) is 11.8. The second-order valence-electron chi connectivity index (χ2n) is 4.68. The third-order valence-electron chi connectivity index (χ3n) is 3.04. The molecule has 0 atom stereocenters. The molecule has 5 nitrogen and oxygen atoms in total. The summed E-state index contributed by atoms with van der Waals surface area (Å²) in [5.41, 5.74) is 0.397. The predicted octanol–water partition coefficient (Wildman–Crippen LogP) is 2.08. The van der Waals surface area contributed by atoms with Gasteiger partial charge in [-0.05, 0) is 30.9 Å². The molecule has 19 heavy (non-hydrogen) atoms. The van der Waals surface area contributed by atoms with E-state index in [4.69, 9.17) is 0 Å². The van der Waals surface area contributed by atoms with Gasteiger partial charge in [0.05, 0.1) is 11.9 Å². The van der Waals surface area contributed by atoms with E-state index in [1.165, 1.54) is 25.1 Å². The molecule has 1 saturated carbocycles. The monoisotopic (exact) mass is 260 g/mol. The lowest BCUT2D eigenvalue weighted by atomic mass is 10.3. The van der Waals surface area contributed by atoms with Crippen molar-refractivity contribution >= 4 is 11.6 Å². The van der Waals surface area contributed by atoms with Gasteiger partial charge in [-0.15, -0.1) is 0 Å². The molecule has 98 valence electrons. The zero-order valence-electron chi connectivity index (χ0n) is 10.2. The summed E-state index contributed by atoms with van der Waals surface area (Å²) in [6.07, 6.45) is 6.70.